The maximum atomic E-state index is 12.1. The van der Waals surface area contributed by atoms with Crippen LogP contribution >= 0.6 is 11.3 Å². The van der Waals surface area contributed by atoms with Crippen LogP contribution in [-0.4, -0.2) is 21.9 Å². The van der Waals surface area contributed by atoms with Gasteiger partial charge in [0.25, 0.3) is 5.91 Å². The minimum Gasteiger partial charge on any atom is -0.382 e. The van der Waals surface area contributed by atoms with Crippen LogP contribution in [0.2, 0.25) is 0 Å². The minimum atomic E-state index is -0.194. The smallest absolute Gasteiger partial charge is 0.265 e. The van der Waals surface area contributed by atoms with Crippen molar-refractivity contribution < 1.29 is 4.79 Å². The molecule has 104 valence electrons. The van der Waals surface area contributed by atoms with E-state index in [9.17, 15) is 4.79 Å². The van der Waals surface area contributed by atoms with Crippen LogP contribution in [0, 0.1) is 0 Å². The van der Waals surface area contributed by atoms with E-state index in [-0.39, 0.29) is 11.7 Å². The van der Waals surface area contributed by atoms with Crippen molar-refractivity contribution in [1.29, 1.82) is 0 Å². The molecule has 1 fully saturated rings. The topological polar surface area (TPSA) is 92.9 Å². The fourth-order valence-corrected chi connectivity index (χ4v) is 2.60. The van der Waals surface area contributed by atoms with Gasteiger partial charge in [-0.2, -0.15) is 0 Å². The second kappa shape index (κ2) is 5.46. The second-order valence-electron chi connectivity index (χ2n) is 4.69. The zero-order valence-corrected chi connectivity index (χ0v) is 11.6. The summed E-state index contributed by atoms with van der Waals surface area (Å²) >= 11 is 1.30. The number of hydrogen-bond acceptors (Lipinski definition) is 6. The Morgan fingerprint density at radius 1 is 1.40 bits per heavy atom. The van der Waals surface area contributed by atoms with Gasteiger partial charge >= 0.3 is 0 Å². The van der Waals surface area contributed by atoms with Crippen LogP contribution in [-0.2, 0) is 6.54 Å². The Labute approximate surface area is 120 Å². The Balaban J connectivity index is 1.62. The van der Waals surface area contributed by atoms with Crippen molar-refractivity contribution in [2.45, 2.75) is 25.4 Å². The number of amides is 1. The summed E-state index contributed by atoms with van der Waals surface area (Å²) < 4.78 is 0. The van der Waals surface area contributed by atoms with E-state index in [1.54, 1.807) is 12.4 Å². The zero-order chi connectivity index (χ0) is 13.9. The van der Waals surface area contributed by atoms with Crippen molar-refractivity contribution in [2.24, 2.45) is 0 Å². The monoisotopic (exact) mass is 289 g/mol. The van der Waals surface area contributed by atoms with Crippen molar-refractivity contribution in [3.63, 3.8) is 0 Å². The number of thiazole rings is 1. The summed E-state index contributed by atoms with van der Waals surface area (Å²) in [7, 11) is 0. The molecule has 2 heterocycles. The number of aromatic nitrogens is 2. The second-order valence-corrected chi connectivity index (χ2v) is 5.69. The first-order valence-electron chi connectivity index (χ1n) is 6.42. The number of nitrogens with one attached hydrogen (secondary N) is 2. The summed E-state index contributed by atoms with van der Waals surface area (Å²) in [4.78, 5) is 20.7. The summed E-state index contributed by atoms with van der Waals surface area (Å²) in [6, 6.07) is 4.21. The van der Waals surface area contributed by atoms with Crippen molar-refractivity contribution in [1.82, 2.24) is 15.3 Å². The third-order valence-electron chi connectivity index (χ3n) is 2.97. The summed E-state index contributed by atoms with van der Waals surface area (Å²) in [6.07, 6.45) is 5.70. The molecule has 6 nitrogen and oxygen atoms in total. The van der Waals surface area contributed by atoms with Gasteiger partial charge in [-0.15, -0.1) is 0 Å². The van der Waals surface area contributed by atoms with Crippen molar-refractivity contribution in [3.05, 3.63) is 35.0 Å². The normalized spacial score (nSPS) is 14.0. The lowest BCUT2D eigenvalue weighted by molar-refractivity contribution is 0.0955. The number of nitrogen functional groups attached to an aromatic ring is 1. The van der Waals surface area contributed by atoms with Gasteiger partial charge in [0, 0.05) is 25.0 Å². The van der Waals surface area contributed by atoms with E-state index in [1.807, 2.05) is 12.1 Å². The maximum Gasteiger partial charge on any atom is 0.265 e. The van der Waals surface area contributed by atoms with Crippen LogP contribution in [0.25, 0.3) is 0 Å². The molecule has 1 aliphatic rings. The van der Waals surface area contributed by atoms with Crippen LogP contribution in [0.5, 0.6) is 0 Å². The standard InChI is InChI=1S/C13H15N5OS/c14-11-10(20-13(18-11)17-9-1-2-9)12(19)16-7-8-3-5-15-6-4-8/h3-6,9H,1-2,7,14H2,(H,16,19)(H,17,18). The Morgan fingerprint density at radius 2 is 2.15 bits per heavy atom. The largest absolute Gasteiger partial charge is 0.382 e. The number of pyridine rings is 1. The fraction of sp³-hybridized carbons (Fsp3) is 0.308. The Bertz CT molecular complexity index is 608. The Hall–Kier alpha value is -2.15. The first-order valence-corrected chi connectivity index (χ1v) is 7.24. The van der Waals surface area contributed by atoms with Gasteiger partial charge in [-0.1, -0.05) is 11.3 Å². The van der Waals surface area contributed by atoms with Gasteiger partial charge < -0.3 is 16.4 Å². The van der Waals surface area contributed by atoms with E-state index in [0.29, 0.717) is 17.5 Å². The highest BCUT2D eigenvalue weighted by atomic mass is 32.1. The van der Waals surface area contributed by atoms with E-state index >= 15 is 0 Å². The lowest BCUT2D eigenvalue weighted by Crippen LogP contribution is -2.22. The summed E-state index contributed by atoms with van der Waals surface area (Å²) in [5.74, 6) is 0.0889. The third-order valence-corrected chi connectivity index (χ3v) is 3.97. The molecule has 0 radical (unpaired) electrons. The molecule has 1 saturated carbocycles. The average molecular weight is 289 g/mol. The van der Waals surface area contributed by atoms with E-state index < -0.39 is 0 Å². The molecule has 0 atom stereocenters. The first kappa shape index (κ1) is 12.9. The van der Waals surface area contributed by atoms with Crippen LogP contribution in [0.3, 0.4) is 0 Å². The lowest BCUT2D eigenvalue weighted by Gasteiger charge is -2.03. The highest BCUT2D eigenvalue weighted by Crippen LogP contribution is 2.30. The summed E-state index contributed by atoms with van der Waals surface area (Å²) in [6.45, 7) is 0.448. The van der Waals surface area contributed by atoms with Crippen molar-refractivity contribution >= 4 is 28.2 Å². The van der Waals surface area contributed by atoms with Gasteiger partial charge in [-0.05, 0) is 30.5 Å². The van der Waals surface area contributed by atoms with Crippen LogP contribution in [0.15, 0.2) is 24.5 Å². The molecule has 0 aromatic carbocycles. The zero-order valence-electron chi connectivity index (χ0n) is 10.8. The number of hydrogen-bond donors (Lipinski definition) is 3. The van der Waals surface area contributed by atoms with E-state index in [4.69, 9.17) is 5.73 Å². The van der Waals surface area contributed by atoms with Gasteiger partial charge in [0.05, 0.1) is 0 Å². The van der Waals surface area contributed by atoms with Gasteiger partial charge in [0.15, 0.2) is 5.13 Å². The highest BCUT2D eigenvalue weighted by Gasteiger charge is 2.24. The molecular weight excluding hydrogens is 274 g/mol. The summed E-state index contributed by atoms with van der Waals surface area (Å²) in [5.41, 5.74) is 6.79. The highest BCUT2D eigenvalue weighted by molar-refractivity contribution is 7.18. The first-order chi connectivity index (χ1) is 9.72. The molecule has 0 aliphatic heterocycles. The molecular formula is C13H15N5OS. The van der Waals surface area contributed by atoms with Crippen LogP contribution in [0.4, 0.5) is 10.9 Å². The number of anilines is 2. The number of nitrogens with two attached hydrogens (primary N) is 1. The van der Waals surface area contributed by atoms with Gasteiger partial charge in [0.2, 0.25) is 0 Å². The molecule has 1 aliphatic carbocycles. The van der Waals surface area contributed by atoms with Gasteiger partial charge in [0.1, 0.15) is 10.7 Å². The number of rotatable bonds is 5. The molecule has 0 spiro atoms. The molecule has 1 amide bonds. The van der Waals surface area contributed by atoms with E-state index in [0.717, 1.165) is 23.5 Å². The SMILES string of the molecule is Nc1nc(NC2CC2)sc1C(=O)NCc1ccncc1. The minimum absolute atomic E-state index is 0.194. The molecule has 7 heteroatoms. The molecule has 20 heavy (non-hydrogen) atoms. The fourth-order valence-electron chi connectivity index (χ4n) is 1.72. The van der Waals surface area contributed by atoms with Crippen molar-refractivity contribution in [3.8, 4) is 0 Å². The van der Waals surface area contributed by atoms with Gasteiger partial charge in [-0.3, -0.25) is 9.78 Å². The lowest BCUT2D eigenvalue weighted by atomic mass is 10.3. The van der Waals surface area contributed by atoms with Gasteiger partial charge in [-0.25, -0.2) is 4.98 Å². The van der Waals surface area contributed by atoms with E-state index in [1.165, 1.54) is 11.3 Å². The molecule has 4 N–H and O–H groups in total. The predicted octanol–water partition coefficient (Wildman–Crippen LogP) is 1.62. The molecule has 3 rings (SSSR count). The molecule has 0 unspecified atom stereocenters. The Kier molecular flexibility index (Phi) is 3.51. The number of nitrogens with zero attached hydrogens (tertiary/aromatic N) is 2. The molecule has 2 aromatic rings. The summed E-state index contributed by atoms with van der Waals surface area (Å²) in [5, 5.41) is 6.80. The van der Waals surface area contributed by atoms with Crippen molar-refractivity contribution in [2.75, 3.05) is 11.1 Å². The quantitative estimate of drug-likeness (QED) is 0.778. The molecule has 0 saturated heterocycles. The number of carbonyl (C=O) groups excluding carboxylic acids is 1. The van der Waals surface area contributed by atoms with E-state index in [2.05, 4.69) is 20.6 Å². The van der Waals surface area contributed by atoms with Crippen LogP contribution < -0.4 is 16.4 Å². The Morgan fingerprint density at radius 3 is 2.85 bits per heavy atom. The molecule has 0 bridgehead atoms. The average Bonchev–Trinajstić information content (AvgIpc) is 3.19. The molecule has 2 aromatic heterocycles. The number of carbonyl (C=O) groups is 1. The predicted molar refractivity (Wildman–Crippen MR) is 78.6 cm³/mol. The third kappa shape index (κ3) is 3.05. The van der Waals surface area contributed by atoms with Crippen LogP contribution in [0.1, 0.15) is 28.1 Å². The maximum absolute atomic E-state index is 12.1.